The van der Waals surface area contributed by atoms with Crippen LogP contribution >= 0.6 is 0 Å². The van der Waals surface area contributed by atoms with Crippen molar-refractivity contribution < 1.29 is 0 Å². The van der Waals surface area contributed by atoms with Gasteiger partial charge in [0.15, 0.2) is 0 Å². The zero-order valence-electron chi connectivity index (χ0n) is 26.5. The van der Waals surface area contributed by atoms with Gasteiger partial charge in [-0.15, -0.1) is 0 Å². The largest absolute Gasteiger partial charge is 0.243 e. The van der Waals surface area contributed by atoms with Gasteiger partial charge in [-0.25, -0.2) is 0 Å². The summed E-state index contributed by atoms with van der Waals surface area (Å²) >= 11 is 0. The lowest BCUT2D eigenvalue weighted by molar-refractivity contribution is 0.794. The van der Waals surface area contributed by atoms with E-state index in [4.69, 9.17) is 0 Å². The predicted octanol–water partition coefficient (Wildman–Crippen LogP) is 8.40. The zero-order chi connectivity index (χ0) is 30.3. The Hall–Kier alpha value is -4.62. The number of rotatable bonds is 3. The van der Waals surface area contributed by atoms with E-state index in [0.29, 0.717) is 0 Å². The fraction of sp³-hybridized carbons (Fsp3) is 0.163. The third kappa shape index (κ3) is 3.53. The van der Waals surface area contributed by atoms with Gasteiger partial charge in [0.2, 0.25) is 6.71 Å². The van der Waals surface area contributed by atoms with Crippen molar-refractivity contribution in [3.05, 3.63) is 171 Å². The summed E-state index contributed by atoms with van der Waals surface area (Å²) in [5, 5.41) is 0. The van der Waals surface area contributed by atoms with Gasteiger partial charge in [-0.05, 0) is 86.1 Å². The van der Waals surface area contributed by atoms with E-state index in [1.165, 1.54) is 94.3 Å². The molecule has 0 saturated heterocycles. The van der Waals surface area contributed by atoms with Crippen molar-refractivity contribution in [3.8, 4) is 22.3 Å². The van der Waals surface area contributed by atoms with Crippen molar-refractivity contribution in [2.24, 2.45) is 0 Å². The van der Waals surface area contributed by atoms with Crippen LogP contribution in [-0.4, -0.2) is 6.71 Å². The summed E-state index contributed by atoms with van der Waals surface area (Å²) < 4.78 is 0. The monoisotopic (exact) mass is 564 g/mol. The van der Waals surface area contributed by atoms with Crippen LogP contribution in [0.5, 0.6) is 0 Å². The fourth-order valence-corrected chi connectivity index (χ4v) is 9.16. The summed E-state index contributed by atoms with van der Waals surface area (Å²) in [6.45, 7) is 13.8. The quantitative estimate of drug-likeness (QED) is 0.189. The summed E-state index contributed by atoms with van der Waals surface area (Å²) in [7, 11) is 0. The first-order valence-electron chi connectivity index (χ1n) is 15.9. The molecule has 0 aromatic heterocycles. The lowest BCUT2D eigenvalue weighted by Crippen LogP contribution is -2.56. The van der Waals surface area contributed by atoms with Crippen LogP contribution < -0.4 is 16.4 Å². The summed E-state index contributed by atoms with van der Waals surface area (Å²) in [4.78, 5) is 0. The maximum Gasteiger partial charge on any atom is 0.243 e. The number of hydrogen-bond acceptors (Lipinski definition) is 0. The average Bonchev–Trinajstić information content (AvgIpc) is 3.47. The smallest absolute Gasteiger partial charge is 0.0663 e. The summed E-state index contributed by atoms with van der Waals surface area (Å²) in [5.74, 6) is 0. The molecule has 1 heteroatoms. The molecule has 0 unspecified atom stereocenters. The van der Waals surface area contributed by atoms with E-state index < -0.39 is 0 Å². The Labute approximate surface area is 262 Å². The third-order valence-corrected chi connectivity index (χ3v) is 10.4. The highest BCUT2D eigenvalue weighted by Gasteiger charge is 2.52. The van der Waals surface area contributed by atoms with Gasteiger partial charge in [0.1, 0.15) is 0 Å². The standard InChI is InChI=1S/C43H37B/c1-26-22-28(3)41(29(4)23-26)44(42-30(5)24-27(2)25-31(42)6)39-21-13-20-38-40(39)34-16-9-12-19-37(34)43(38)35-17-10-7-14-32(35)33-15-8-11-18-36(33)43/h7-25H,1-6H3. The van der Waals surface area contributed by atoms with Crippen molar-refractivity contribution in [2.75, 3.05) is 0 Å². The third-order valence-electron chi connectivity index (χ3n) is 10.4. The zero-order valence-corrected chi connectivity index (χ0v) is 26.5. The molecule has 0 fully saturated rings. The van der Waals surface area contributed by atoms with Crippen LogP contribution in [0.1, 0.15) is 55.6 Å². The maximum absolute atomic E-state index is 2.42. The van der Waals surface area contributed by atoms with Gasteiger partial charge in [0, 0.05) is 0 Å². The first-order chi connectivity index (χ1) is 21.3. The van der Waals surface area contributed by atoms with Crippen molar-refractivity contribution in [2.45, 2.75) is 47.0 Å². The molecule has 0 nitrogen and oxygen atoms in total. The second-order valence-corrected chi connectivity index (χ2v) is 13.2. The van der Waals surface area contributed by atoms with Gasteiger partial charge in [-0.2, -0.15) is 0 Å². The molecule has 44 heavy (non-hydrogen) atoms. The highest BCUT2D eigenvalue weighted by molar-refractivity contribution is 6.97. The first-order valence-corrected chi connectivity index (χ1v) is 15.9. The van der Waals surface area contributed by atoms with Gasteiger partial charge in [-0.1, -0.05) is 165 Å². The second kappa shape index (κ2) is 9.70. The first kappa shape index (κ1) is 27.0. The van der Waals surface area contributed by atoms with Crippen LogP contribution in [0.25, 0.3) is 22.3 Å². The molecule has 0 heterocycles. The summed E-state index contributed by atoms with van der Waals surface area (Å²) in [5.41, 5.74) is 23.1. The lowest BCUT2D eigenvalue weighted by atomic mass is 9.33. The van der Waals surface area contributed by atoms with Crippen molar-refractivity contribution in [3.63, 3.8) is 0 Å². The van der Waals surface area contributed by atoms with E-state index in [9.17, 15) is 0 Å². The Bertz CT molecular complexity index is 2000. The Morgan fingerprint density at radius 2 is 0.795 bits per heavy atom. The average molecular weight is 565 g/mol. The van der Waals surface area contributed by atoms with Crippen LogP contribution in [0.3, 0.4) is 0 Å². The fourth-order valence-electron chi connectivity index (χ4n) is 9.16. The van der Waals surface area contributed by atoms with Gasteiger partial charge in [-0.3, -0.25) is 0 Å². The molecule has 1 spiro atoms. The van der Waals surface area contributed by atoms with E-state index in [2.05, 4.69) is 157 Å². The second-order valence-electron chi connectivity index (χ2n) is 13.2. The van der Waals surface area contributed by atoms with Crippen LogP contribution in [0, 0.1) is 41.5 Å². The van der Waals surface area contributed by atoms with Crippen molar-refractivity contribution >= 4 is 23.1 Å². The van der Waals surface area contributed by atoms with E-state index in [1.807, 2.05) is 0 Å². The Morgan fingerprint density at radius 1 is 0.409 bits per heavy atom. The molecule has 2 aliphatic rings. The molecule has 0 bridgehead atoms. The molecule has 212 valence electrons. The summed E-state index contributed by atoms with van der Waals surface area (Å²) in [6, 6.07) is 44.1. The van der Waals surface area contributed by atoms with Crippen LogP contribution in [-0.2, 0) is 5.41 Å². The SMILES string of the molecule is Cc1cc(C)c(B(c2cccc3c2-c2ccccc2C32c3ccccc3-c3ccccc32)c2c(C)cc(C)cc2C)c(C)c1. The molecule has 6 aromatic rings. The number of fused-ring (bicyclic) bond motifs is 10. The van der Waals surface area contributed by atoms with Gasteiger partial charge in [0.05, 0.1) is 5.41 Å². The van der Waals surface area contributed by atoms with Crippen molar-refractivity contribution in [1.29, 1.82) is 0 Å². The van der Waals surface area contributed by atoms with E-state index in [0.717, 1.165) is 0 Å². The predicted molar refractivity (Wildman–Crippen MR) is 189 cm³/mol. The molecule has 0 atom stereocenters. The highest BCUT2D eigenvalue weighted by atomic mass is 14.5. The number of benzene rings is 6. The molecule has 0 N–H and O–H groups in total. The Kier molecular flexibility index (Phi) is 5.94. The molecular formula is C43H37B. The van der Waals surface area contributed by atoms with Crippen LogP contribution in [0.4, 0.5) is 0 Å². The minimum absolute atomic E-state index is 0.112. The van der Waals surface area contributed by atoms with E-state index in [-0.39, 0.29) is 12.1 Å². The van der Waals surface area contributed by atoms with Gasteiger partial charge < -0.3 is 0 Å². The molecule has 0 amide bonds. The Morgan fingerprint density at radius 3 is 1.27 bits per heavy atom. The molecule has 0 saturated carbocycles. The van der Waals surface area contributed by atoms with Gasteiger partial charge in [0.25, 0.3) is 0 Å². The molecule has 0 aliphatic heterocycles. The highest BCUT2D eigenvalue weighted by Crippen LogP contribution is 2.62. The van der Waals surface area contributed by atoms with E-state index in [1.54, 1.807) is 0 Å². The summed E-state index contributed by atoms with van der Waals surface area (Å²) in [6.07, 6.45) is 0. The van der Waals surface area contributed by atoms with Gasteiger partial charge >= 0.3 is 0 Å². The molecular weight excluding hydrogens is 527 g/mol. The van der Waals surface area contributed by atoms with Crippen LogP contribution in [0.2, 0.25) is 0 Å². The molecule has 8 rings (SSSR count). The molecule has 6 aromatic carbocycles. The molecule has 2 aliphatic carbocycles. The Balaban J connectivity index is 1.53. The minimum atomic E-state index is -0.339. The van der Waals surface area contributed by atoms with Crippen LogP contribution in [0.15, 0.2) is 115 Å². The van der Waals surface area contributed by atoms with Crippen molar-refractivity contribution in [1.82, 2.24) is 0 Å². The number of aryl methyl sites for hydroxylation is 6. The maximum atomic E-state index is 2.42. The van der Waals surface area contributed by atoms with E-state index >= 15 is 0 Å². The molecule has 0 radical (unpaired) electrons. The lowest BCUT2D eigenvalue weighted by Gasteiger charge is -2.31. The normalized spacial score (nSPS) is 13.4. The topological polar surface area (TPSA) is 0 Å². The minimum Gasteiger partial charge on any atom is -0.0663 e. The number of hydrogen-bond donors (Lipinski definition) is 0.